The fourth-order valence-corrected chi connectivity index (χ4v) is 3.20. The largest absolute Gasteiger partial charge is 0.356 e. The standard InChI is InChI=1S/C15H21ClN6OS/c1-10(16)14(23)17-5-8-22-13-11(9-18-22)12(19-15(20-13)24-2)21-6-3-4-7-21/h9-10H,3-8H2,1-2H3,(H,17,23). The molecule has 9 heteroatoms. The lowest BCUT2D eigenvalue weighted by molar-refractivity contribution is -0.120. The van der Waals surface area contributed by atoms with Crippen LogP contribution >= 0.6 is 23.4 Å². The quantitative estimate of drug-likeness (QED) is 0.476. The zero-order valence-corrected chi connectivity index (χ0v) is 15.4. The molecular weight excluding hydrogens is 348 g/mol. The van der Waals surface area contributed by atoms with E-state index in [-0.39, 0.29) is 5.91 Å². The highest BCUT2D eigenvalue weighted by Gasteiger charge is 2.20. The second-order valence-corrected chi connectivity index (χ2v) is 7.17. The number of aromatic nitrogens is 4. The van der Waals surface area contributed by atoms with Crippen molar-refractivity contribution in [2.45, 2.75) is 36.8 Å². The van der Waals surface area contributed by atoms with Crippen molar-refractivity contribution >= 4 is 46.1 Å². The third-order valence-electron chi connectivity index (χ3n) is 4.03. The van der Waals surface area contributed by atoms with Gasteiger partial charge in [0, 0.05) is 19.6 Å². The highest BCUT2D eigenvalue weighted by Crippen LogP contribution is 2.28. The predicted molar refractivity (Wildman–Crippen MR) is 96.9 cm³/mol. The number of hydrogen-bond donors (Lipinski definition) is 1. The molecule has 3 heterocycles. The summed E-state index contributed by atoms with van der Waals surface area (Å²) in [6.45, 7) is 4.71. The number of halogens is 1. The Morgan fingerprint density at radius 1 is 1.42 bits per heavy atom. The fourth-order valence-electron chi connectivity index (χ4n) is 2.77. The van der Waals surface area contributed by atoms with Crippen LogP contribution in [-0.4, -0.2) is 56.9 Å². The van der Waals surface area contributed by atoms with Crippen molar-refractivity contribution in [1.82, 2.24) is 25.1 Å². The maximum absolute atomic E-state index is 11.6. The second kappa shape index (κ2) is 7.57. The topological polar surface area (TPSA) is 75.9 Å². The van der Waals surface area contributed by atoms with Gasteiger partial charge in [-0.1, -0.05) is 11.8 Å². The van der Waals surface area contributed by atoms with Crippen molar-refractivity contribution in [2.75, 3.05) is 30.8 Å². The van der Waals surface area contributed by atoms with Crippen LogP contribution in [0.1, 0.15) is 19.8 Å². The molecule has 2 aromatic rings. The molecule has 3 rings (SSSR count). The molecule has 0 spiro atoms. The molecule has 24 heavy (non-hydrogen) atoms. The van der Waals surface area contributed by atoms with Gasteiger partial charge in [-0.15, -0.1) is 11.6 Å². The van der Waals surface area contributed by atoms with Crippen LogP contribution in [0.5, 0.6) is 0 Å². The molecule has 1 N–H and O–H groups in total. The summed E-state index contributed by atoms with van der Waals surface area (Å²) < 4.78 is 1.81. The average molecular weight is 369 g/mol. The number of amides is 1. The Balaban J connectivity index is 1.84. The molecule has 0 radical (unpaired) electrons. The zero-order chi connectivity index (χ0) is 17.1. The lowest BCUT2D eigenvalue weighted by Crippen LogP contribution is -2.32. The number of nitrogens with zero attached hydrogens (tertiary/aromatic N) is 5. The van der Waals surface area contributed by atoms with Crippen molar-refractivity contribution in [3.8, 4) is 0 Å². The molecular formula is C15H21ClN6OS. The summed E-state index contributed by atoms with van der Waals surface area (Å²) in [7, 11) is 0. The number of anilines is 1. The van der Waals surface area contributed by atoms with E-state index in [0.717, 1.165) is 35.1 Å². The maximum Gasteiger partial charge on any atom is 0.237 e. The first-order valence-electron chi connectivity index (χ1n) is 8.04. The first-order valence-corrected chi connectivity index (χ1v) is 9.70. The summed E-state index contributed by atoms with van der Waals surface area (Å²) in [5.74, 6) is 0.789. The monoisotopic (exact) mass is 368 g/mol. The van der Waals surface area contributed by atoms with E-state index in [1.54, 1.807) is 6.92 Å². The molecule has 7 nitrogen and oxygen atoms in total. The number of hydrogen-bond acceptors (Lipinski definition) is 6. The summed E-state index contributed by atoms with van der Waals surface area (Å²) in [5.41, 5.74) is 0.810. The SMILES string of the molecule is CSc1nc(N2CCCC2)c2cnn(CCNC(=O)C(C)Cl)c2n1. The minimum Gasteiger partial charge on any atom is -0.356 e. The summed E-state index contributed by atoms with van der Waals surface area (Å²) >= 11 is 7.28. The van der Waals surface area contributed by atoms with Crippen LogP contribution in [0, 0.1) is 0 Å². The molecule has 1 aliphatic heterocycles. The van der Waals surface area contributed by atoms with E-state index in [9.17, 15) is 4.79 Å². The molecule has 1 unspecified atom stereocenters. The van der Waals surface area contributed by atoms with Crippen LogP contribution in [0.4, 0.5) is 5.82 Å². The van der Waals surface area contributed by atoms with E-state index in [1.165, 1.54) is 24.6 Å². The van der Waals surface area contributed by atoms with Gasteiger partial charge in [0.05, 0.1) is 18.1 Å². The number of carbonyl (C=O) groups excluding carboxylic acids is 1. The third kappa shape index (κ3) is 3.59. The molecule has 1 aliphatic rings. The minimum absolute atomic E-state index is 0.176. The van der Waals surface area contributed by atoms with E-state index in [0.29, 0.717) is 13.1 Å². The molecule has 1 atom stereocenters. The van der Waals surface area contributed by atoms with Crippen molar-refractivity contribution in [2.24, 2.45) is 0 Å². The molecule has 2 aromatic heterocycles. The van der Waals surface area contributed by atoms with Crippen LogP contribution in [0.3, 0.4) is 0 Å². The van der Waals surface area contributed by atoms with Gasteiger partial charge in [0.1, 0.15) is 11.2 Å². The normalized spacial score (nSPS) is 15.9. The van der Waals surface area contributed by atoms with Crippen LogP contribution < -0.4 is 10.2 Å². The van der Waals surface area contributed by atoms with Gasteiger partial charge in [0.2, 0.25) is 5.91 Å². The Hall–Kier alpha value is -1.54. The van der Waals surface area contributed by atoms with E-state index in [4.69, 9.17) is 11.6 Å². The van der Waals surface area contributed by atoms with Gasteiger partial charge in [0.15, 0.2) is 10.8 Å². The molecule has 0 aliphatic carbocycles. The Bertz CT molecular complexity index is 728. The van der Waals surface area contributed by atoms with E-state index >= 15 is 0 Å². The predicted octanol–water partition coefficient (Wildman–Crippen LogP) is 1.89. The highest BCUT2D eigenvalue weighted by atomic mass is 35.5. The second-order valence-electron chi connectivity index (χ2n) is 5.74. The van der Waals surface area contributed by atoms with Crippen molar-refractivity contribution in [1.29, 1.82) is 0 Å². The number of thioether (sulfide) groups is 1. The van der Waals surface area contributed by atoms with Gasteiger partial charge < -0.3 is 10.2 Å². The van der Waals surface area contributed by atoms with E-state index in [2.05, 4.69) is 25.3 Å². The first kappa shape index (κ1) is 17.3. The molecule has 1 fully saturated rings. The van der Waals surface area contributed by atoms with Crippen LogP contribution in [0.25, 0.3) is 11.0 Å². The summed E-state index contributed by atoms with van der Waals surface area (Å²) in [6.07, 6.45) is 6.17. The highest BCUT2D eigenvalue weighted by molar-refractivity contribution is 7.98. The third-order valence-corrected chi connectivity index (χ3v) is 4.77. The lowest BCUT2D eigenvalue weighted by atomic mass is 10.3. The molecule has 130 valence electrons. The smallest absolute Gasteiger partial charge is 0.237 e. The van der Waals surface area contributed by atoms with Crippen molar-refractivity contribution < 1.29 is 4.79 Å². The first-order chi connectivity index (χ1) is 11.6. The van der Waals surface area contributed by atoms with E-state index < -0.39 is 5.38 Å². The van der Waals surface area contributed by atoms with Gasteiger partial charge in [-0.3, -0.25) is 4.79 Å². The molecule has 0 saturated carbocycles. The zero-order valence-electron chi connectivity index (χ0n) is 13.8. The number of alkyl halides is 1. The van der Waals surface area contributed by atoms with Gasteiger partial charge >= 0.3 is 0 Å². The van der Waals surface area contributed by atoms with Crippen LogP contribution in [0.15, 0.2) is 11.4 Å². The molecule has 0 bridgehead atoms. The number of carbonyl (C=O) groups is 1. The summed E-state index contributed by atoms with van der Waals surface area (Å²) in [5, 5.41) is 8.40. The fraction of sp³-hybridized carbons (Fsp3) is 0.600. The Kier molecular flexibility index (Phi) is 5.45. The number of nitrogens with one attached hydrogen (secondary N) is 1. The van der Waals surface area contributed by atoms with Crippen molar-refractivity contribution in [3.63, 3.8) is 0 Å². The summed E-state index contributed by atoms with van der Waals surface area (Å²) in [4.78, 5) is 23.1. The van der Waals surface area contributed by atoms with Gasteiger partial charge in [-0.25, -0.2) is 14.6 Å². The molecule has 1 saturated heterocycles. The van der Waals surface area contributed by atoms with E-state index in [1.807, 2.05) is 17.1 Å². The summed E-state index contributed by atoms with van der Waals surface area (Å²) in [6, 6.07) is 0. The molecule has 0 aromatic carbocycles. The Morgan fingerprint density at radius 2 is 2.17 bits per heavy atom. The van der Waals surface area contributed by atoms with Crippen molar-refractivity contribution in [3.05, 3.63) is 6.20 Å². The van der Waals surface area contributed by atoms with Crippen LogP contribution in [-0.2, 0) is 11.3 Å². The van der Waals surface area contributed by atoms with Crippen LogP contribution in [0.2, 0.25) is 0 Å². The maximum atomic E-state index is 11.6. The van der Waals surface area contributed by atoms with Gasteiger partial charge in [-0.2, -0.15) is 5.10 Å². The number of fused-ring (bicyclic) bond motifs is 1. The molecule has 1 amide bonds. The Morgan fingerprint density at radius 3 is 2.83 bits per heavy atom. The van der Waals surface area contributed by atoms with Gasteiger partial charge in [0.25, 0.3) is 0 Å². The lowest BCUT2D eigenvalue weighted by Gasteiger charge is -2.17. The minimum atomic E-state index is -0.536. The average Bonchev–Trinajstić information content (AvgIpc) is 3.23. The van der Waals surface area contributed by atoms with Gasteiger partial charge in [-0.05, 0) is 26.0 Å². The Labute approximate surface area is 150 Å². The number of rotatable bonds is 6.